The molecule has 0 aliphatic carbocycles. The highest BCUT2D eigenvalue weighted by Gasteiger charge is 2.33. The van der Waals surface area contributed by atoms with Crippen molar-refractivity contribution in [3.63, 3.8) is 0 Å². The van der Waals surface area contributed by atoms with Crippen molar-refractivity contribution in [2.45, 2.75) is 44.0 Å². The van der Waals surface area contributed by atoms with E-state index in [-0.39, 0.29) is 6.04 Å². The van der Waals surface area contributed by atoms with Crippen molar-refractivity contribution in [1.29, 1.82) is 0 Å². The third-order valence-electron chi connectivity index (χ3n) is 5.83. The zero-order valence-electron chi connectivity index (χ0n) is 17.6. The van der Waals surface area contributed by atoms with Crippen LogP contribution in [0.1, 0.15) is 38.3 Å². The number of hydrogen-bond acceptors (Lipinski definition) is 3. The predicted octanol–water partition coefficient (Wildman–Crippen LogP) is 4.77. The van der Waals surface area contributed by atoms with Gasteiger partial charge in [0, 0.05) is 30.9 Å². The number of aromatic nitrogens is 2. The molecule has 4 rings (SSSR count). The van der Waals surface area contributed by atoms with Gasteiger partial charge in [-0.05, 0) is 44.6 Å². The van der Waals surface area contributed by atoms with Crippen molar-refractivity contribution in [3.05, 3.63) is 72.4 Å². The summed E-state index contributed by atoms with van der Waals surface area (Å²) in [6.45, 7) is 5.13. The van der Waals surface area contributed by atoms with Crippen LogP contribution in [0.4, 0.5) is 0 Å². The number of piperidine rings is 1. The number of benzene rings is 2. The van der Waals surface area contributed by atoms with Crippen molar-refractivity contribution < 1.29 is 8.42 Å². The number of sulfonamides is 1. The van der Waals surface area contributed by atoms with Crippen molar-refractivity contribution >= 4 is 10.0 Å². The summed E-state index contributed by atoms with van der Waals surface area (Å²) in [5.41, 5.74) is 2.69. The van der Waals surface area contributed by atoms with Gasteiger partial charge in [-0.15, -0.1) is 0 Å². The molecule has 0 amide bonds. The van der Waals surface area contributed by atoms with Crippen molar-refractivity contribution in [2.24, 2.45) is 5.92 Å². The van der Waals surface area contributed by atoms with Crippen LogP contribution in [-0.2, 0) is 16.4 Å². The minimum Gasteiger partial charge on any atom is -0.268 e. The molecule has 5 nitrogen and oxygen atoms in total. The lowest BCUT2D eigenvalue weighted by Crippen LogP contribution is -2.39. The average molecular weight is 424 g/mol. The zero-order valence-corrected chi connectivity index (χ0v) is 18.4. The van der Waals surface area contributed by atoms with Crippen LogP contribution in [0, 0.1) is 5.92 Å². The third-order valence-corrected chi connectivity index (χ3v) is 7.73. The Balaban J connectivity index is 1.55. The second-order valence-corrected chi connectivity index (χ2v) is 10.2. The van der Waals surface area contributed by atoms with Gasteiger partial charge in [-0.3, -0.25) is 4.68 Å². The lowest BCUT2D eigenvalue weighted by molar-refractivity contribution is 0.273. The first-order valence-electron chi connectivity index (χ1n) is 10.6. The molecule has 30 heavy (non-hydrogen) atoms. The number of nitrogens with zero attached hydrogens (tertiary/aromatic N) is 3. The lowest BCUT2D eigenvalue weighted by atomic mass is 9.91. The fourth-order valence-electron chi connectivity index (χ4n) is 4.06. The molecule has 0 unspecified atom stereocenters. The summed E-state index contributed by atoms with van der Waals surface area (Å²) < 4.78 is 30.5. The molecule has 0 bridgehead atoms. The topological polar surface area (TPSA) is 55.2 Å². The molecule has 2 heterocycles. The Labute approximate surface area is 179 Å². The maximum Gasteiger partial charge on any atom is 0.246 e. The van der Waals surface area contributed by atoms with E-state index >= 15 is 0 Å². The molecule has 0 saturated carbocycles. The summed E-state index contributed by atoms with van der Waals surface area (Å²) in [5.74, 6) is 0.519. The minimum absolute atomic E-state index is 0.0908. The van der Waals surface area contributed by atoms with Gasteiger partial charge in [0.25, 0.3) is 0 Å². The molecule has 1 fully saturated rings. The van der Waals surface area contributed by atoms with E-state index < -0.39 is 10.0 Å². The third kappa shape index (κ3) is 4.35. The zero-order chi connectivity index (χ0) is 21.1. The summed E-state index contributed by atoms with van der Waals surface area (Å²) >= 11 is 0. The summed E-state index contributed by atoms with van der Waals surface area (Å²) in [5, 5.41) is 4.62. The summed E-state index contributed by atoms with van der Waals surface area (Å²) in [6.07, 6.45) is 4.47. The summed E-state index contributed by atoms with van der Waals surface area (Å²) in [7, 11) is -3.60. The largest absolute Gasteiger partial charge is 0.268 e. The minimum atomic E-state index is -3.60. The lowest BCUT2D eigenvalue weighted by Gasteiger charge is -2.31. The fraction of sp³-hybridized carbons (Fsp3) is 0.375. The second-order valence-electron chi connectivity index (χ2n) is 8.32. The van der Waals surface area contributed by atoms with Gasteiger partial charge in [-0.2, -0.15) is 9.40 Å². The van der Waals surface area contributed by atoms with Crippen LogP contribution in [0.3, 0.4) is 0 Å². The molecular weight excluding hydrogens is 394 g/mol. The summed E-state index contributed by atoms with van der Waals surface area (Å²) in [6, 6.07) is 20.1. The van der Waals surface area contributed by atoms with E-state index in [1.807, 2.05) is 50.2 Å². The van der Waals surface area contributed by atoms with Crippen molar-refractivity contribution in [3.8, 4) is 11.3 Å². The fourth-order valence-corrected chi connectivity index (χ4v) is 5.68. The van der Waals surface area contributed by atoms with Gasteiger partial charge in [-0.25, -0.2) is 8.42 Å². The van der Waals surface area contributed by atoms with E-state index in [2.05, 4.69) is 29.4 Å². The molecular formula is C24H29N3O2S. The second kappa shape index (κ2) is 8.74. The number of hydrogen-bond donors (Lipinski definition) is 0. The molecule has 0 spiro atoms. The maximum atomic E-state index is 13.6. The quantitative estimate of drug-likeness (QED) is 0.574. The van der Waals surface area contributed by atoms with Gasteiger partial charge in [0.05, 0.1) is 0 Å². The van der Waals surface area contributed by atoms with Crippen molar-refractivity contribution in [2.75, 3.05) is 13.1 Å². The standard InChI is InChI=1S/C24H29N3O2S/c1-19(2)27-18-23(24(25-27)22-11-7-4-8-12-22)30(28,29)26-15-13-21(14-16-26)17-20-9-5-3-6-10-20/h3-12,18-19,21H,13-17H2,1-2H3. The van der Waals surface area contributed by atoms with Gasteiger partial charge >= 0.3 is 0 Å². The molecule has 1 aliphatic heterocycles. The highest BCUT2D eigenvalue weighted by atomic mass is 32.2. The van der Waals surface area contributed by atoms with Gasteiger partial charge in [0.2, 0.25) is 10.0 Å². The Morgan fingerprint density at radius 2 is 1.57 bits per heavy atom. The molecule has 1 saturated heterocycles. The molecule has 2 aromatic carbocycles. The van der Waals surface area contributed by atoms with Crippen LogP contribution >= 0.6 is 0 Å². The first kappa shape index (κ1) is 20.8. The summed E-state index contributed by atoms with van der Waals surface area (Å²) in [4.78, 5) is 0.309. The van der Waals surface area contributed by atoms with Gasteiger partial charge in [-0.1, -0.05) is 60.7 Å². The molecule has 0 atom stereocenters. The van der Waals surface area contributed by atoms with E-state index in [4.69, 9.17) is 0 Å². The van der Waals surface area contributed by atoms with Crippen LogP contribution in [0.2, 0.25) is 0 Å². The highest BCUT2D eigenvalue weighted by molar-refractivity contribution is 7.89. The molecule has 1 aliphatic rings. The van der Waals surface area contributed by atoms with Gasteiger partial charge in [0.15, 0.2) is 0 Å². The van der Waals surface area contributed by atoms with E-state index in [1.165, 1.54) is 5.56 Å². The van der Waals surface area contributed by atoms with E-state index in [0.29, 0.717) is 29.6 Å². The monoisotopic (exact) mass is 423 g/mol. The first-order chi connectivity index (χ1) is 14.4. The molecule has 3 aromatic rings. The van der Waals surface area contributed by atoms with Crippen molar-refractivity contribution in [1.82, 2.24) is 14.1 Å². The van der Waals surface area contributed by atoms with E-state index in [1.54, 1.807) is 15.2 Å². The molecule has 0 radical (unpaired) electrons. The Bertz CT molecular complexity index is 1070. The Hall–Kier alpha value is -2.44. The van der Waals surface area contributed by atoms with Crippen LogP contribution in [0.5, 0.6) is 0 Å². The normalized spacial score (nSPS) is 16.2. The molecule has 158 valence electrons. The van der Waals surface area contributed by atoms with Gasteiger partial charge in [0.1, 0.15) is 10.6 Å². The smallest absolute Gasteiger partial charge is 0.246 e. The maximum absolute atomic E-state index is 13.6. The number of rotatable bonds is 6. The molecule has 0 N–H and O–H groups in total. The van der Waals surface area contributed by atoms with E-state index in [9.17, 15) is 8.42 Å². The first-order valence-corrected chi connectivity index (χ1v) is 12.1. The van der Waals surface area contributed by atoms with Crippen LogP contribution in [-0.4, -0.2) is 35.6 Å². The molecule has 6 heteroatoms. The highest BCUT2D eigenvalue weighted by Crippen LogP contribution is 2.32. The van der Waals surface area contributed by atoms with Crippen LogP contribution < -0.4 is 0 Å². The van der Waals surface area contributed by atoms with E-state index in [0.717, 1.165) is 24.8 Å². The SMILES string of the molecule is CC(C)n1cc(S(=O)(=O)N2CCC(Cc3ccccc3)CC2)c(-c2ccccc2)n1. The average Bonchev–Trinajstić information content (AvgIpc) is 3.22. The van der Waals surface area contributed by atoms with Gasteiger partial charge < -0.3 is 0 Å². The van der Waals surface area contributed by atoms with Crippen LogP contribution in [0.15, 0.2) is 71.8 Å². The Morgan fingerprint density at radius 3 is 2.17 bits per heavy atom. The van der Waals surface area contributed by atoms with Crippen LogP contribution in [0.25, 0.3) is 11.3 Å². The Morgan fingerprint density at radius 1 is 0.967 bits per heavy atom. The molecule has 1 aromatic heterocycles. The predicted molar refractivity (Wildman–Crippen MR) is 120 cm³/mol. The Kier molecular flexibility index (Phi) is 6.06.